The molecular formula is C9H20O5Si. The van der Waals surface area contributed by atoms with E-state index in [9.17, 15) is 0 Å². The van der Waals surface area contributed by atoms with Gasteiger partial charge in [0.1, 0.15) is 12.7 Å². The fourth-order valence-corrected chi connectivity index (χ4v) is 2.45. The minimum atomic E-state index is -1.93. The average Bonchev–Trinajstić information content (AvgIpc) is 3.06. The lowest BCUT2D eigenvalue weighted by Gasteiger charge is -2.22. The van der Waals surface area contributed by atoms with Crippen LogP contribution in [0.4, 0.5) is 0 Å². The zero-order valence-corrected chi connectivity index (χ0v) is 10.7. The predicted octanol–water partition coefficient (Wildman–Crippen LogP) is 1.09. The molecule has 1 aliphatic rings. The van der Waals surface area contributed by atoms with Crippen molar-refractivity contribution in [3.05, 3.63) is 0 Å². The largest absolute Gasteiger partial charge is 0.398 e. The highest BCUT2D eigenvalue weighted by atomic mass is 28.4. The van der Waals surface area contributed by atoms with Crippen LogP contribution in [0.15, 0.2) is 0 Å². The van der Waals surface area contributed by atoms with E-state index < -0.39 is 8.56 Å². The third kappa shape index (κ3) is 5.60. The van der Waals surface area contributed by atoms with E-state index >= 15 is 0 Å². The molecule has 1 atom stereocenters. The van der Waals surface area contributed by atoms with Crippen LogP contribution in [-0.4, -0.2) is 48.7 Å². The molecule has 0 radical (unpaired) electrons. The number of rotatable bonds is 9. The van der Waals surface area contributed by atoms with E-state index in [-0.39, 0.29) is 6.10 Å². The van der Waals surface area contributed by atoms with Crippen LogP contribution in [0.1, 0.15) is 6.42 Å². The van der Waals surface area contributed by atoms with E-state index in [1.807, 2.05) is 6.55 Å². The molecule has 5 nitrogen and oxygen atoms in total. The van der Waals surface area contributed by atoms with Gasteiger partial charge >= 0.3 is 8.56 Å². The van der Waals surface area contributed by atoms with Crippen LogP contribution in [0, 0.1) is 0 Å². The van der Waals surface area contributed by atoms with Crippen molar-refractivity contribution in [1.82, 2.24) is 0 Å². The molecule has 6 heteroatoms. The molecule has 1 heterocycles. The third-order valence-electron chi connectivity index (χ3n) is 2.46. The van der Waals surface area contributed by atoms with Crippen molar-refractivity contribution >= 4 is 8.56 Å². The first-order valence-electron chi connectivity index (χ1n) is 5.16. The fourth-order valence-electron chi connectivity index (χ4n) is 1.09. The van der Waals surface area contributed by atoms with Gasteiger partial charge in [-0.25, -0.2) is 9.78 Å². The van der Waals surface area contributed by atoms with Gasteiger partial charge in [0.25, 0.3) is 0 Å². The van der Waals surface area contributed by atoms with Gasteiger partial charge in [0.05, 0.1) is 13.2 Å². The lowest BCUT2D eigenvalue weighted by Crippen LogP contribution is -2.36. The molecule has 0 spiro atoms. The standard InChI is InChI=1S/C9H20O5Si/c1-10-15(3,11-2)6-4-5-13-14-8-9-7-12-9/h9H,4-8H2,1-3H3. The van der Waals surface area contributed by atoms with Crippen molar-refractivity contribution < 1.29 is 23.4 Å². The molecule has 0 N–H and O–H groups in total. The van der Waals surface area contributed by atoms with E-state index in [1.165, 1.54) is 0 Å². The minimum Gasteiger partial charge on any atom is -0.398 e. The van der Waals surface area contributed by atoms with Gasteiger partial charge in [0.15, 0.2) is 0 Å². The van der Waals surface area contributed by atoms with Crippen molar-refractivity contribution in [1.29, 1.82) is 0 Å². The summed E-state index contributed by atoms with van der Waals surface area (Å²) in [6.07, 6.45) is 1.14. The highest BCUT2D eigenvalue weighted by Crippen LogP contribution is 2.14. The molecule has 0 aromatic heterocycles. The Morgan fingerprint density at radius 2 is 1.93 bits per heavy atom. The van der Waals surface area contributed by atoms with Gasteiger partial charge in [-0.3, -0.25) is 0 Å². The molecule has 0 bridgehead atoms. The summed E-state index contributed by atoms with van der Waals surface area (Å²) in [5.74, 6) is 0. The Balaban J connectivity index is 1.90. The zero-order valence-electron chi connectivity index (χ0n) is 9.65. The Kier molecular flexibility index (Phi) is 5.73. The molecule has 1 aliphatic heterocycles. The summed E-state index contributed by atoms with van der Waals surface area (Å²) < 4.78 is 15.6. The maximum absolute atomic E-state index is 5.34. The quantitative estimate of drug-likeness (QED) is 0.197. The van der Waals surface area contributed by atoms with Gasteiger partial charge in [-0.05, 0) is 19.0 Å². The second-order valence-electron chi connectivity index (χ2n) is 3.71. The lowest BCUT2D eigenvalue weighted by molar-refractivity contribution is -0.296. The zero-order chi connectivity index (χ0) is 11.1. The van der Waals surface area contributed by atoms with E-state index in [4.69, 9.17) is 23.4 Å². The molecule has 1 rings (SSSR count). The first kappa shape index (κ1) is 13.1. The second kappa shape index (κ2) is 6.57. The Morgan fingerprint density at radius 3 is 2.47 bits per heavy atom. The molecule has 15 heavy (non-hydrogen) atoms. The summed E-state index contributed by atoms with van der Waals surface area (Å²) in [5.41, 5.74) is 0. The van der Waals surface area contributed by atoms with Gasteiger partial charge in [-0.2, -0.15) is 0 Å². The first-order chi connectivity index (χ1) is 7.20. The van der Waals surface area contributed by atoms with Crippen molar-refractivity contribution in [2.45, 2.75) is 25.1 Å². The molecule has 90 valence electrons. The molecule has 1 saturated heterocycles. The van der Waals surface area contributed by atoms with Gasteiger partial charge in [0, 0.05) is 14.2 Å². The monoisotopic (exact) mass is 236 g/mol. The summed E-state index contributed by atoms with van der Waals surface area (Å²) in [5, 5.41) is 0. The Morgan fingerprint density at radius 1 is 1.27 bits per heavy atom. The van der Waals surface area contributed by atoms with Crippen LogP contribution in [0.3, 0.4) is 0 Å². The fraction of sp³-hybridized carbons (Fsp3) is 1.00. The SMILES string of the molecule is CO[Si](C)(CCCOOCC1CO1)OC. The van der Waals surface area contributed by atoms with Crippen LogP contribution in [0.2, 0.25) is 12.6 Å². The summed E-state index contributed by atoms with van der Waals surface area (Å²) in [4.78, 5) is 9.95. The minimum absolute atomic E-state index is 0.252. The number of epoxide rings is 1. The molecule has 0 amide bonds. The molecule has 0 aromatic carbocycles. The summed E-state index contributed by atoms with van der Waals surface area (Å²) >= 11 is 0. The summed E-state index contributed by atoms with van der Waals surface area (Å²) in [6, 6.07) is 0.906. The lowest BCUT2D eigenvalue weighted by atomic mass is 10.5. The Hall–Kier alpha value is 0.0169. The topological polar surface area (TPSA) is 49.5 Å². The van der Waals surface area contributed by atoms with E-state index in [2.05, 4.69) is 0 Å². The number of ether oxygens (including phenoxy) is 1. The van der Waals surface area contributed by atoms with Crippen LogP contribution in [0.5, 0.6) is 0 Å². The van der Waals surface area contributed by atoms with Crippen molar-refractivity contribution in [3.63, 3.8) is 0 Å². The Labute approximate surface area is 91.8 Å². The summed E-state index contributed by atoms with van der Waals surface area (Å²) in [7, 11) is 1.46. The molecular weight excluding hydrogens is 216 g/mol. The maximum Gasteiger partial charge on any atom is 0.334 e. The van der Waals surface area contributed by atoms with Gasteiger partial charge in [-0.15, -0.1) is 0 Å². The second-order valence-corrected chi connectivity index (χ2v) is 7.29. The van der Waals surface area contributed by atoms with Crippen LogP contribution < -0.4 is 0 Å². The first-order valence-corrected chi connectivity index (χ1v) is 7.69. The molecule has 0 saturated carbocycles. The Bertz CT molecular complexity index is 170. The molecule has 0 aromatic rings. The van der Waals surface area contributed by atoms with Crippen LogP contribution >= 0.6 is 0 Å². The van der Waals surface area contributed by atoms with Gasteiger partial charge in [0.2, 0.25) is 0 Å². The van der Waals surface area contributed by atoms with E-state index in [1.54, 1.807) is 14.2 Å². The van der Waals surface area contributed by atoms with Crippen LogP contribution in [0.25, 0.3) is 0 Å². The third-order valence-corrected chi connectivity index (χ3v) is 5.45. The smallest absolute Gasteiger partial charge is 0.334 e. The van der Waals surface area contributed by atoms with Gasteiger partial charge < -0.3 is 13.6 Å². The maximum atomic E-state index is 5.34. The van der Waals surface area contributed by atoms with Crippen molar-refractivity contribution in [2.75, 3.05) is 34.0 Å². The molecule has 1 unspecified atom stereocenters. The predicted molar refractivity (Wildman–Crippen MR) is 56.7 cm³/mol. The highest BCUT2D eigenvalue weighted by Gasteiger charge is 2.28. The molecule has 1 fully saturated rings. The average molecular weight is 236 g/mol. The van der Waals surface area contributed by atoms with Crippen molar-refractivity contribution in [2.24, 2.45) is 0 Å². The summed E-state index contributed by atoms with van der Waals surface area (Å²) in [6.45, 7) is 3.93. The number of hydrogen-bond donors (Lipinski definition) is 0. The number of hydrogen-bond acceptors (Lipinski definition) is 5. The van der Waals surface area contributed by atoms with Crippen LogP contribution in [-0.2, 0) is 23.4 Å². The van der Waals surface area contributed by atoms with E-state index in [0.717, 1.165) is 19.1 Å². The van der Waals surface area contributed by atoms with Crippen molar-refractivity contribution in [3.8, 4) is 0 Å². The highest BCUT2D eigenvalue weighted by molar-refractivity contribution is 6.65. The normalized spacial score (nSPS) is 20.6. The molecule has 0 aliphatic carbocycles. The van der Waals surface area contributed by atoms with E-state index in [0.29, 0.717) is 13.2 Å². The van der Waals surface area contributed by atoms with Gasteiger partial charge in [-0.1, -0.05) is 0 Å².